The van der Waals surface area contributed by atoms with Crippen LogP contribution in [0.3, 0.4) is 0 Å². The van der Waals surface area contributed by atoms with Crippen molar-refractivity contribution in [2.24, 2.45) is 0 Å². The highest BCUT2D eigenvalue weighted by Crippen LogP contribution is 2.24. The summed E-state index contributed by atoms with van der Waals surface area (Å²) in [5, 5.41) is 11.8. The maximum Gasteiger partial charge on any atom is 0.0801 e. The SMILES string of the molecule is CCCn1nncc1C(NCC)c1ccc(SC)cc1. The summed E-state index contributed by atoms with van der Waals surface area (Å²) in [6.07, 6.45) is 5.02. The van der Waals surface area contributed by atoms with Crippen molar-refractivity contribution in [1.82, 2.24) is 20.3 Å². The van der Waals surface area contributed by atoms with E-state index in [1.54, 1.807) is 11.8 Å². The lowest BCUT2D eigenvalue weighted by atomic mass is 10.0. The molecular formula is C15H22N4S. The van der Waals surface area contributed by atoms with Gasteiger partial charge >= 0.3 is 0 Å². The summed E-state index contributed by atoms with van der Waals surface area (Å²) in [7, 11) is 0. The average Bonchev–Trinajstić information content (AvgIpc) is 2.93. The van der Waals surface area contributed by atoms with Gasteiger partial charge in [0.1, 0.15) is 0 Å². The van der Waals surface area contributed by atoms with Gasteiger partial charge in [-0.3, -0.25) is 0 Å². The van der Waals surface area contributed by atoms with E-state index in [1.165, 1.54) is 10.5 Å². The van der Waals surface area contributed by atoms with E-state index in [9.17, 15) is 0 Å². The predicted molar refractivity (Wildman–Crippen MR) is 84.1 cm³/mol. The molecule has 0 radical (unpaired) electrons. The van der Waals surface area contributed by atoms with Gasteiger partial charge in [0.25, 0.3) is 0 Å². The van der Waals surface area contributed by atoms with Gasteiger partial charge in [-0.15, -0.1) is 16.9 Å². The molecular weight excluding hydrogens is 268 g/mol. The molecule has 1 N–H and O–H groups in total. The molecule has 0 fully saturated rings. The smallest absolute Gasteiger partial charge is 0.0801 e. The second kappa shape index (κ2) is 7.45. The fourth-order valence-electron chi connectivity index (χ4n) is 2.27. The van der Waals surface area contributed by atoms with Crippen molar-refractivity contribution in [3.05, 3.63) is 41.7 Å². The lowest BCUT2D eigenvalue weighted by Crippen LogP contribution is -2.25. The summed E-state index contributed by atoms with van der Waals surface area (Å²) >= 11 is 1.76. The molecule has 0 spiro atoms. The first-order chi connectivity index (χ1) is 9.80. The molecule has 1 heterocycles. The summed E-state index contributed by atoms with van der Waals surface area (Å²) in [5.41, 5.74) is 2.38. The number of nitrogens with zero attached hydrogens (tertiary/aromatic N) is 3. The fourth-order valence-corrected chi connectivity index (χ4v) is 2.68. The molecule has 108 valence electrons. The van der Waals surface area contributed by atoms with Crippen LogP contribution < -0.4 is 5.32 Å². The third-order valence-electron chi connectivity index (χ3n) is 3.24. The number of nitrogens with one attached hydrogen (secondary N) is 1. The molecule has 2 rings (SSSR count). The summed E-state index contributed by atoms with van der Waals surface area (Å²) in [4.78, 5) is 1.28. The van der Waals surface area contributed by atoms with Gasteiger partial charge < -0.3 is 5.32 Å². The number of aryl methyl sites for hydroxylation is 1. The standard InChI is InChI=1S/C15H22N4S/c1-4-10-19-14(11-17-18-19)15(16-5-2)12-6-8-13(20-3)9-7-12/h6-9,11,15-16H,4-5,10H2,1-3H3. The first-order valence-corrected chi connectivity index (χ1v) is 8.28. The first kappa shape index (κ1) is 15.1. The summed E-state index contributed by atoms with van der Waals surface area (Å²) < 4.78 is 2.00. The second-order valence-electron chi connectivity index (χ2n) is 4.65. The fraction of sp³-hybridized carbons (Fsp3) is 0.467. The van der Waals surface area contributed by atoms with E-state index in [4.69, 9.17) is 0 Å². The minimum Gasteiger partial charge on any atom is -0.305 e. The number of rotatable bonds is 7. The van der Waals surface area contributed by atoms with E-state index < -0.39 is 0 Å². The summed E-state index contributed by atoms with van der Waals surface area (Å²) in [5.74, 6) is 0. The molecule has 20 heavy (non-hydrogen) atoms. The van der Waals surface area contributed by atoms with Crippen LogP contribution in [0.1, 0.15) is 37.6 Å². The largest absolute Gasteiger partial charge is 0.305 e. The molecule has 0 aliphatic carbocycles. The molecule has 0 saturated carbocycles. The van der Waals surface area contributed by atoms with E-state index in [0.29, 0.717) is 0 Å². The van der Waals surface area contributed by atoms with Gasteiger partial charge in [-0.2, -0.15) is 0 Å². The third-order valence-corrected chi connectivity index (χ3v) is 3.98. The van der Waals surface area contributed by atoms with E-state index in [1.807, 2.05) is 10.9 Å². The molecule has 5 heteroatoms. The highest BCUT2D eigenvalue weighted by atomic mass is 32.2. The van der Waals surface area contributed by atoms with Gasteiger partial charge in [0, 0.05) is 11.4 Å². The topological polar surface area (TPSA) is 42.7 Å². The first-order valence-electron chi connectivity index (χ1n) is 7.05. The van der Waals surface area contributed by atoms with Crippen molar-refractivity contribution in [1.29, 1.82) is 0 Å². The Hall–Kier alpha value is -1.33. The molecule has 0 saturated heterocycles. The van der Waals surface area contributed by atoms with E-state index in [0.717, 1.165) is 25.2 Å². The maximum atomic E-state index is 4.19. The van der Waals surface area contributed by atoms with Crippen molar-refractivity contribution < 1.29 is 0 Å². The number of aromatic nitrogens is 3. The number of hydrogen-bond acceptors (Lipinski definition) is 4. The van der Waals surface area contributed by atoms with Crippen LogP contribution in [0.2, 0.25) is 0 Å². The number of thioether (sulfide) groups is 1. The lowest BCUT2D eigenvalue weighted by Gasteiger charge is -2.19. The number of benzene rings is 1. The van der Waals surface area contributed by atoms with E-state index >= 15 is 0 Å². The van der Waals surface area contributed by atoms with Gasteiger partial charge in [0.05, 0.1) is 17.9 Å². The summed E-state index contributed by atoms with van der Waals surface area (Å²) in [6, 6.07) is 8.85. The quantitative estimate of drug-likeness (QED) is 0.796. The molecule has 4 nitrogen and oxygen atoms in total. The second-order valence-corrected chi connectivity index (χ2v) is 5.53. The van der Waals surface area contributed by atoms with Crippen LogP contribution in [0, 0.1) is 0 Å². The molecule has 0 aliphatic heterocycles. The Morgan fingerprint density at radius 1 is 1.25 bits per heavy atom. The zero-order valence-electron chi connectivity index (χ0n) is 12.3. The Balaban J connectivity index is 2.31. The maximum absolute atomic E-state index is 4.19. The van der Waals surface area contributed by atoms with Crippen molar-refractivity contribution in [2.75, 3.05) is 12.8 Å². The van der Waals surface area contributed by atoms with Crippen molar-refractivity contribution in [3.63, 3.8) is 0 Å². The Labute approximate surface area is 125 Å². The van der Waals surface area contributed by atoms with Crippen LogP contribution in [0.4, 0.5) is 0 Å². The Kier molecular flexibility index (Phi) is 5.61. The highest BCUT2D eigenvalue weighted by molar-refractivity contribution is 7.98. The van der Waals surface area contributed by atoms with Crippen LogP contribution in [0.5, 0.6) is 0 Å². The van der Waals surface area contributed by atoms with Gasteiger partial charge in [0.2, 0.25) is 0 Å². The average molecular weight is 290 g/mol. The van der Waals surface area contributed by atoms with E-state index in [-0.39, 0.29) is 6.04 Å². The molecule has 0 bridgehead atoms. The van der Waals surface area contributed by atoms with Crippen LogP contribution in [-0.4, -0.2) is 27.8 Å². The molecule has 1 aromatic heterocycles. The Morgan fingerprint density at radius 2 is 2.00 bits per heavy atom. The lowest BCUT2D eigenvalue weighted by molar-refractivity contribution is 0.511. The van der Waals surface area contributed by atoms with Crippen molar-refractivity contribution >= 4 is 11.8 Å². The minimum absolute atomic E-state index is 0.150. The molecule has 1 unspecified atom stereocenters. The Bertz CT molecular complexity index is 521. The van der Waals surface area contributed by atoms with Gasteiger partial charge in [-0.25, -0.2) is 4.68 Å². The van der Waals surface area contributed by atoms with Gasteiger partial charge in [0.15, 0.2) is 0 Å². The highest BCUT2D eigenvalue weighted by Gasteiger charge is 2.18. The zero-order valence-corrected chi connectivity index (χ0v) is 13.2. The van der Waals surface area contributed by atoms with Crippen molar-refractivity contribution in [3.8, 4) is 0 Å². The monoisotopic (exact) mass is 290 g/mol. The van der Waals surface area contributed by atoms with Crippen LogP contribution in [-0.2, 0) is 6.54 Å². The summed E-state index contributed by atoms with van der Waals surface area (Å²) in [6.45, 7) is 6.09. The molecule has 0 amide bonds. The molecule has 1 aromatic carbocycles. The zero-order chi connectivity index (χ0) is 14.4. The predicted octanol–water partition coefficient (Wildman–Crippen LogP) is 3.11. The van der Waals surface area contributed by atoms with E-state index in [2.05, 4.69) is 60.0 Å². The van der Waals surface area contributed by atoms with Crippen LogP contribution in [0.25, 0.3) is 0 Å². The minimum atomic E-state index is 0.150. The molecule has 0 aliphatic rings. The van der Waals surface area contributed by atoms with Crippen LogP contribution in [0.15, 0.2) is 35.4 Å². The third kappa shape index (κ3) is 3.41. The molecule has 1 atom stereocenters. The molecule has 2 aromatic rings. The van der Waals surface area contributed by atoms with Gasteiger partial charge in [-0.1, -0.05) is 31.2 Å². The van der Waals surface area contributed by atoms with Crippen molar-refractivity contribution in [2.45, 2.75) is 37.8 Å². The normalized spacial score (nSPS) is 12.6. The Morgan fingerprint density at radius 3 is 2.60 bits per heavy atom. The van der Waals surface area contributed by atoms with Gasteiger partial charge in [-0.05, 0) is 36.9 Å². The van der Waals surface area contributed by atoms with Crippen LogP contribution >= 0.6 is 11.8 Å². The number of hydrogen-bond donors (Lipinski definition) is 1.